The second-order valence-corrected chi connectivity index (χ2v) is 3.15. The fourth-order valence-electron chi connectivity index (χ4n) is 1.49. The smallest absolute Gasteiger partial charge is 0.295 e. The van der Waals surface area contributed by atoms with Gasteiger partial charge in [0, 0.05) is 24.2 Å². The first kappa shape index (κ1) is 9.54. The Morgan fingerprint density at radius 2 is 2.27 bits per heavy atom. The highest BCUT2D eigenvalue weighted by molar-refractivity contribution is 5.87. The summed E-state index contributed by atoms with van der Waals surface area (Å²) in [6.45, 7) is 0.283. The molecule has 1 aromatic carbocycles. The average Bonchev–Trinajstić information content (AvgIpc) is 2.27. The largest absolute Gasteiger partial charge is 0.326 e. The molecular formula is C10H9N3O2. The van der Waals surface area contributed by atoms with E-state index in [1.54, 1.807) is 12.1 Å². The van der Waals surface area contributed by atoms with E-state index in [-0.39, 0.29) is 12.2 Å². The molecule has 2 rings (SSSR count). The Hall–Kier alpha value is -2.01. The van der Waals surface area contributed by atoms with Crippen molar-refractivity contribution in [3.63, 3.8) is 0 Å². The number of benzene rings is 1. The van der Waals surface area contributed by atoms with Gasteiger partial charge in [-0.3, -0.25) is 10.1 Å². The molecule has 0 aliphatic heterocycles. The maximum Gasteiger partial charge on any atom is 0.295 e. The summed E-state index contributed by atoms with van der Waals surface area (Å²) in [5, 5.41) is 11.6. The van der Waals surface area contributed by atoms with Crippen LogP contribution in [0.3, 0.4) is 0 Å². The lowest BCUT2D eigenvalue weighted by Crippen LogP contribution is -1.99. The molecule has 0 saturated carbocycles. The molecule has 0 aliphatic carbocycles. The van der Waals surface area contributed by atoms with Crippen LogP contribution in [0.5, 0.6) is 0 Å². The van der Waals surface area contributed by atoms with E-state index in [1.807, 2.05) is 6.07 Å². The van der Waals surface area contributed by atoms with E-state index < -0.39 is 4.92 Å². The Morgan fingerprint density at radius 3 is 2.93 bits per heavy atom. The van der Waals surface area contributed by atoms with Crippen molar-refractivity contribution in [3.8, 4) is 0 Å². The molecule has 0 unspecified atom stereocenters. The SMILES string of the molecule is NCc1cc([N+](=O)[O-])c2ncccc2c1. The van der Waals surface area contributed by atoms with Gasteiger partial charge >= 0.3 is 0 Å². The second-order valence-electron chi connectivity index (χ2n) is 3.15. The van der Waals surface area contributed by atoms with Crippen LogP contribution in [0.25, 0.3) is 10.9 Å². The van der Waals surface area contributed by atoms with Crippen LogP contribution >= 0.6 is 0 Å². The molecular weight excluding hydrogens is 194 g/mol. The minimum Gasteiger partial charge on any atom is -0.326 e. The lowest BCUT2D eigenvalue weighted by Gasteiger charge is -2.01. The first-order valence-electron chi connectivity index (χ1n) is 4.44. The van der Waals surface area contributed by atoms with Crippen LogP contribution in [0.1, 0.15) is 5.56 Å². The molecule has 0 amide bonds. The molecule has 0 aliphatic rings. The summed E-state index contributed by atoms with van der Waals surface area (Å²) in [4.78, 5) is 14.4. The summed E-state index contributed by atoms with van der Waals surface area (Å²) in [5.74, 6) is 0. The van der Waals surface area contributed by atoms with Crippen molar-refractivity contribution >= 4 is 16.6 Å². The summed E-state index contributed by atoms with van der Waals surface area (Å²) in [6, 6.07) is 6.81. The maximum absolute atomic E-state index is 10.8. The van der Waals surface area contributed by atoms with Crippen LogP contribution in [0, 0.1) is 10.1 Å². The van der Waals surface area contributed by atoms with Gasteiger partial charge in [0.2, 0.25) is 0 Å². The standard InChI is InChI=1S/C10H9N3O2/c11-6-7-4-8-2-1-3-12-10(8)9(5-7)13(14)15/h1-5H,6,11H2. The second kappa shape index (κ2) is 3.62. The Labute approximate surface area is 85.7 Å². The topological polar surface area (TPSA) is 82.0 Å². The van der Waals surface area contributed by atoms with Crippen molar-refractivity contribution in [1.82, 2.24) is 4.98 Å². The summed E-state index contributed by atoms with van der Waals surface area (Å²) in [7, 11) is 0. The van der Waals surface area contributed by atoms with Crippen molar-refractivity contribution in [3.05, 3.63) is 46.1 Å². The quantitative estimate of drug-likeness (QED) is 0.593. The van der Waals surface area contributed by atoms with Crippen molar-refractivity contribution in [2.24, 2.45) is 5.73 Å². The lowest BCUT2D eigenvalue weighted by atomic mass is 10.1. The molecule has 1 heterocycles. The first-order chi connectivity index (χ1) is 7.22. The Kier molecular flexibility index (Phi) is 2.31. The molecule has 5 nitrogen and oxygen atoms in total. The predicted molar refractivity (Wildman–Crippen MR) is 56.3 cm³/mol. The molecule has 0 radical (unpaired) electrons. The molecule has 1 aromatic heterocycles. The maximum atomic E-state index is 10.8. The number of pyridine rings is 1. The Morgan fingerprint density at radius 1 is 1.47 bits per heavy atom. The van der Waals surface area contributed by atoms with Gasteiger partial charge in [0.15, 0.2) is 0 Å². The number of nitro benzene ring substituents is 1. The molecule has 0 saturated heterocycles. The van der Waals surface area contributed by atoms with E-state index in [1.165, 1.54) is 12.3 Å². The number of nitrogens with zero attached hydrogens (tertiary/aromatic N) is 2. The van der Waals surface area contributed by atoms with Gasteiger partial charge in [0.25, 0.3) is 5.69 Å². The van der Waals surface area contributed by atoms with Gasteiger partial charge in [0.1, 0.15) is 5.52 Å². The molecule has 2 aromatic rings. The van der Waals surface area contributed by atoms with Crippen LogP contribution in [0.4, 0.5) is 5.69 Å². The molecule has 76 valence electrons. The van der Waals surface area contributed by atoms with Gasteiger partial charge in [-0.25, -0.2) is 4.98 Å². The van der Waals surface area contributed by atoms with Gasteiger partial charge in [-0.1, -0.05) is 6.07 Å². The zero-order valence-corrected chi connectivity index (χ0v) is 7.88. The molecule has 0 fully saturated rings. The highest BCUT2D eigenvalue weighted by Gasteiger charge is 2.13. The monoisotopic (exact) mass is 203 g/mol. The molecule has 2 N–H and O–H groups in total. The third-order valence-corrected chi connectivity index (χ3v) is 2.18. The third kappa shape index (κ3) is 1.64. The van der Waals surface area contributed by atoms with Gasteiger partial charge in [-0.2, -0.15) is 0 Å². The fraction of sp³-hybridized carbons (Fsp3) is 0.100. The first-order valence-corrected chi connectivity index (χ1v) is 4.44. The molecule has 0 bridgehead atoms. The Bertz CT molecular complexity index is 525. The van der Waals surface area contributed by atoms with E-state index in [4.69, 9.17) is 5.73 Å². The number of nitrogens with two attached hydrogens (primary N) is 1. The number of fused-ring (bicyclic) bond motifs is 1. The van der Waals surface area contributed by atoms with Crippen LogP contribution < -0.4 is 5.73 Å². The van der Waals surface area contributed by atoms with E-state index in [0.717, 1.165) is 10.9 Å². The normalized spacial score (nSPS) is 10.5. The zero-order valence-electron chi connectivity index (χ0n) is 7.88. The summed E-state index contributed by atoms with van der Waals surface area (Å²) < 4.78 is 0. The molecule has 5 heteroatoms. The van der Waals surface area contributed by atoms with Gasteiger partial charge in [-0.05, 0) is 17.7 Å². The molecule has 0 atom stereocenters. The Balaban J connectivity index is 2.80. The third-order valence-electron chi connectivity index (χ3n) is 2.18. The van der Waals surface area contributed by atoms with Gasteiger partial charge in [0.05, 0.1) is 4.92 Å². The predicted octanol–water partition coefficient (Wildman–Crippen LogP) is 1.60. The molecule has 15 heavy (non-hydrogen) atoms. The number of rotatable bonds is 2. The zero-order chi connectivity index (χ0) is 10.8. The van der Waals surface area contributed by atoms with E-state index >= 15 is 0 Å². The summed E-state index contributed by atoms with van der Waals surface area (Å²) in [5.41, 5.74) is 6.62. The van der Waals surface area contributed by atoms with Crippen LogP contribution in [0.2, 0.25) is 0 Å². The summed E-state index contributed by atoms with van der Waals surface area (Å²) >= 11 is 0. The van der Waals surface area contributed by atoms with Crippen LogP contribution in [-0.2, 0) is 6.54 Å². The minimum atomic E-state index is -0.436. The van der Waals surface area contributed by atoms with Crippen molar-refractivity contribution in [2.75, 3.05) is 0 Å². The van der Waals surface area contributed by atoms with E-state index in [2.05, 4.69) is 4.98 Å². The van der Waals surface area contributed by atoms with Crippen LogP contribution in [-0.4, -0.2) is 9.91 Å². The van der Waals surface area contributed by atoms with E-state index in [9.17, 15) is 10.1 Å². The number of non-ortho nitro benzene ring substituents is 1. The molecule has 0 spiro atoms. The summed E-state index contributed by atoms with van der Waals surface area (Å²) in [6.07, 6.45) is 1.54. The number of hydrogen-bond acceptors (Lipinski definition) is 4. The number of hydrogen-bond donors (Lipinski definition) is 1. The van der Waals surface area contributed by atoms with Crippen molar-refractivity contribution in [1.29, 1.82) is 0 Å². The fourth-order valence-corrected chi connectivity index (χ4v) is 1.49. The number of nitro groups is 1. The van der Waals surface area contributed by atoms with Crippen LogP contribution in [0.15, 0.2) is 30.5 Å². The van der Waals surface area contributed by atoms with Gasteiger partial charge in [-0.15, -0.1) is 0 Å². The average molecular weight is 203 g/mol. The van der Waals surface area contributed by atoms with Crippen molar-refractivity contribution < 1.29 is 4.92 Å². The van der Waals surface area contributed by atoms with Gasteiger partial charge < -0.3 is 5.73 Å². The highest BCUT2D eigenvalue weighted by Crippen LogP contribution is 2.24. The highest BCUT2D eigenvalue weighted by atomic mass is 16.6. The van der Waals surface area contributed by atoms with Crippen molar-refractivity contribution in [2.45, 2.75) is 6.54 Å². The number of aromatic nitrogens is 1. The minimum absolute atomic E-state index is 0.00792. The lowest BCUT2D eigenvalue weighted by molar-refractivity contribution is -0.383. The van der Waals surface area contributed by atoms with E-state index in [0.29, 0.717) is 5.52 Å².